The number of carboxylic acid groups (broad SMARTS) is 1. The zero-order valence-electron chi connectivity index (χ0n) is 15.8. The van der Waals surface area contributed by atoms with Crippen LogP contribution in [0, 0.1) is 0 Å². The summed E-state index contributed by atoms with van der Waals surface area (Å²) < 4.78 is 5.96. The van der Waals surface area contributed by atoms with Crippen molar-refractivity contribution in [1.82, 2.24) is 6.15 Å². The van der Waals surface area contributed by atoms with E-state index >= 15 is 0 Å². The van der Waals surface area contributed by atoms with Crippen LogP contribution in [0.4, 0.5) is 0 Å². The molecule has 0 aliphatic carbocycles. The topological polar surface area (TPSA) is 81.5 Å². The molecule has 3 aromatic carbocycles. The molecule has 0 saturated heterocycles. The van der Waals surface area contributed by atoms with Crippen molar-refractivity contribution in [2.75, 3.05) is 0 Å². The molecule has 3 rings (SSSR count). The highest BCUT2D eigenvalue weighted by atomic mass is 35.5. The first kappa shape index (κ1) is 21.6. The van der Waals surface area contributed by atoms with Crippen molar-refractivity contribution in [3.8, 4) is 11.1 Å². The molecule has 28 heavy (non-hydrogen) atoms. The molecule has 0 aliphatic heterocycles. The molecule has 0 fully saturated rings. The van der Waals surface area contributed by atoms with Crippen LogP contribution in [0.2, 0.25) is 5.02 Å². The Labute approximate surface area is 170 Å². The van der Waals surface area contributed by atoms with Gasteiger partial charge in [0.25, 0.3) is 0 Å². The average Bonchev–Trinajstić information content (AvgIpc) is 2.70. The molecule has 0 heterocycles. The highest BCUT2D eigenvalue weighted by Gasteiger charge is 2.39. The lowest BCUT2D eigenvalue weighted by Gasteiger charge is -2.29. The first-order valence-electron chi connectivity index (χ1n) is 8.83. The molecule has 0 saturated carbocycles. The third-order valence-electron chi connectivity index (χ3n) is 4.70. The predicted molar refractivity (Wildman–Crippen MR) is 113 cm³/mol. The summed E-state index contributed by atoms with van der Waals surface area (Å²) in [7, 11) is 0. The van der Waals surface area contributed by atoms with E-state index in [-0.39, 0.29) is 12.8 Å². The van der Waals surface area contributed by atoms with Crippen LogP contribution in [0.5, 0.6) is 0 Å². The summed E-state index contributed by atoms with van der Waals surface area (Å²) in [6.07, 6.45) is 0.342. The fourth-order valence-electron chi connectivity index (χ4n) is 3.08. The van der Waals surface area contributed by atoms with Gasteiger partial charge < -0.3 is 16.0 Å². The first-order chi connectivity index (χ1) is 13.0. The maximum atomic E-state index is 12.0. The lowest BCUT2D eigenvalue weighted by atomic mass is 9.91. The van der Waals surface area contributed by atoms with Gasteiger partial charge in [-0.25, -0.2) is 4.79 Å². The predicted octanol–water partition coefficient (Wildman–Crippen LogP) is 6.08. The van der Waals surface area contributed by atoms with Crippen LogP contribution in [0.1, 0.15) is 24.5 Å². The lowest BCUT2D eigenvalue weighted by Crippen LogP contribution is -2.38. The van der Waals surface area contributed by atoms with Crippen LogP contribution in [0.3, 0.4) is 0 Å². The van der Waals surface area contributed by atoms with E-state index in [1.165, 1.54) is 0 Å². The summed E-state index contributed by atoms with van der Waals surface area (Å²) in [4.78, 5) is 12.0. The van der Waals surface area contributed by atoms with Crippen LogP contribution in [0.25, 0.3) is 11.1 Å². The largest absolute Gasteiger partial charge is 0.479 e. The molecule has 0 spiro atoms. The van der Waals surface area contributed by atoms with E-state index in [1.807, 2.05) is 73.7 Å². The standard InChI is InChI=1S/C23H21ClO3.H3N/c1-2-23(22(25)26,20-6-4-3-5-7-20)27-16-17-8-10-18(11-9-17)19-12-14-21(24)15-13-19;/h3-15H,2,16H2,1H3,(H,25,26);1H3. The van der Waals surface area contributed by atoms with Gasteiger partial charge in [-0.1, -0.05) is 85.3 Å². The molecule has 3 aromatic rings. The van der Waals surface area contributed by atoms with Gasteiger partial charge in [-0.3, -0.25) is 0 Å². The maximum absolute atomic E-state index is 12.0. The molecule has 0 radical (unpaired) electrons. The van der Waals surface area contributed by atoms with Crippen molar-refractivity contribution in [3.63, 3.8) is 0 Å². The molecule has 0 bridgehead atoms. The third kappa shape index (κ3) is 4.60. The Morgan fingerprint density at radius 1 is 0.929 bits per heavy atom. The molecular weight excluding hydrogens is 374 g/mol. The maximum Gasteiger partial charge on any atom is 0.340 e. The van der Waals surface area contributed by atoms with Crippen LogP contribution >= 0.6 is 11.6 Å². The molecule has 1 unspecified atom stereocenters. The van der Waals surface area contributed by atoms with Gasteiger partial charge in [0.1, 0.15) is 0 Å². The van der Waals surface area contributed by atoms with Crippen LogP contribution in [-0.2, 0) is 21.7 Å². The fraction of sp³-hybridized carbons (Fsp3) is 0.174. The number of ether oxygens (including phenoxy) is 1. The van der Waals surface area contributed by atoms with Crippen molar-refractivity contribution < 1.29 is 14.6 Å². The SMILES string of the molecule is CCC(OCc1ccc(-c2ccc(Cl)cc2)cc1)(C(=O)O)c1ccccc1.N. The van der Waals surface area contributed by atoms with Gasteiger partial charge in [-0.05, 0) is 40.8 Å². The normalized spacial score (nSPS) is 12.6. The van der Waals surface area contributed by atoms with E-state index in [2.05, 4.69) is 0 Å². The molecule has 4 nitrogen and oxygen atoms in total. The van der Waals surface area contributed by atoms with E-state index in [1.54, 1.807) is 12.1 Å². The minimum atomic E-state index is -1.35. The second kappa shape index (κ2) is 9.51. The summed E-state index contributed by atoms with van der Waals surface area (Å²) in [5.41, 5.74) is 2.36. The van der Waals surface area contributed by atoms with Crippen molar-refractivity contribution in [1.29, 1.82) is 0 Å². The van der Waals surface area contributed by atoms with E-state index in [0.717, 1.165) is 16.7 Å². The highest BCUT2D eigenvalue weighted by Crippen LogP contribution is 2.31. The van der Waals surface area contributed by atoms with Crippen molar-refractivity contribution in [2.45, 2.75) is 25.6 Å². The number of aliphatic carboxylic acids is 1. The zero-order valence-corrected chi connectivity index (χ0v) is 16.5. The van der Waals surface area contributed by atoms with Crippen LogP contribution in [-0.4, -0.2) is 11.1 Å². The summed E-state index contributed by atoms with van der Waals surface area (Å²) in [6, 6.07) is 24.7. The van der Waals surface area contributed by atoms with Gasteiger partial charge in [0.05, 0.1) is 6.61 Å². The van der Waals surface area contributed by atoms with E-state index in [4.69, 9.17) is 16.3 Å². The average molecular weight is 398 g/mol. The Morgan fingerprint density at radius 3 is 1.96 bits per heavy atom. The van der Waals surface area contributed by atoms with Gasteiger partial charge in [0.15, 0.2) is 5.60 Å². The number of rotatable bonds is 7. The Morgan fingerprint density at radius 2 is 1.46 bits per heavy atom. The number of carbonyl (C=O) groups is 1. The number of hydrogen-bond acceptors (Lipinski definition) is 3. The third-order valence-corrected chi connectivity index (χ3v) is 4.95. The van der Waals surface area contributed by atoms with Gasteiger partial charge in [0, 0.05) is 5.02 Å². The van der Waals surface area contributed by atoms with E-state index < -0.39 is 11.6 Å². The fourth-order valence-corrected chi connectivity index (χ4v) is 3.20. The molecular formula is C23H24ClNO3. The lowest BCUT2D eigenvalue weighted by molar-refractivity contribution is -0.170. The van der Waals surface area contributed by atoms with Crippen LogP contribution < -0.4 is 6.15 Å². The molecule has 5 heteroatoms. The number of benzene rings is 3. The quantitative estimate of drug-likeness (QED) is 0.506. The first-order valence-corrected chi connectivity index (χ1v) is 9.21. The molecule has 0 aliphatic rings. The van der Waals surface area contributed by atoms with Crippen molar-refractivity contribution in [2.24, 2.45) is 0 Å². The molecule has 4 N–H and O–H groups in total. The Kier molecular flexibility index (Phi) is 7.35. The van der Waals surface area contributed by atoms with Crippen molar-refractivity contribution >= 4 is 17.6 Å². The van der Waals surface area contributed by atoms with Gasteiger partial charge >= 0.3 is 5.97 Å². The molecule has 146 valence electrons. The summed E-state index contributed by atoms with van der Waals surface area (Å²) in [6.45, 7) is 2.04. The molecule has 0 aromatic heterocycles. The summed E-state index contributed by atoms with van der Waals surface area (Å²) in [5.74, 6) is -0.978. The Balaban J connectivity index is 0.00000280. The minimum absolute atomic E-state index is 0. The van der Waals surface area contributed by atoms with Gasteiger partial charge in [0.2, 0.25) is 0 Å². The van der Waals surface area contributed by atoms with Gasteiger partial charge in [-0.2, -0.15) is 0 Å². The zero-order chi connectivity index (χ0) is 19.3. The minimum Gasteiger partial charge on any atom is -0.479 e. The van der Waals surface area contributed by atoms with Crippen LogP contribution in [0.15, 0.2) is 78.9 Å². The number of halogens is 1. The van der Waals surface area contributed by atoms with E-state index in [0.29, 0.717) is 17.0 Å². The Bertz CT molecular complexity index is 895. The van der Waals surface area contributed by atoms with Gasteiger partial charge in [-0.15, -0.1) is 0 Å². The molecule has 0 amide bonds. The highest BCUT2D eigenvalue weighted by molar-refractivity contribution is 6.30. The second-order valence-corrected chi connectivity index (χ2v) is 6.78. The summed E-state index contributed by atoms with van der Waals surface area (Å²) >= 11 is 5.93. The van der Waals surface area contributed by atoms with Crippen molar-refractivity contribution in [3.05, 3.63) is 95.0 Å². The Hall–Kier alpha value is -2.66. The number of carboxylic acids is 1. The van der Waals surface area contributed by atoms with E-state index in [9.17, 15) is 9.90 Å². The monoisotopic (exact) mass is 397 g/mol. The number of hydrogen-bond donors (Lipinski definition) is 2. The molecule has 1 atom stereocenters. The second-order valence-electron chi connectivity index (χ2n) is 6.34. The summed E-state index contributed by atoms with van der Waals surface area (Å²) in [5, 5.41) is 10.5. The smallest absolute Gasteiger partial charge is 0.340 e.